The summed E-state index contributed by atoms with van der Waals surface area (Å²) in [6.07, 6.45) is 1.39. The molecular weight excluding hydrogens is 444 g/mol. The summed E-state index contributed by atoms with van der Waals surface area (Å²) in [7, 11) is 6.95. The van der Waals surface area contributed by atoms with Crippen LogP contribution in [0.2, 0.25) is 0 Å². The minimum absolute atomic E-state index is 0.0123. The maximum absolute atomic E-state index is 12.7. The minimum Gasteiger partial charge on any atom is -0.493 e. The number of esters is 1. The van der Waals surface area contributed by atoms with Crippen LogP contribution in [0.15, 0.2) is 35.0 Å². The molecule has 33 heavy (non-hydrogen) atoms. The first-order chi connectivity index (χ1) is 15.8. The summed E-state index contributed by atoms with van der Waals surface area (Å²) >= 11 is 0. The number of rotatable bonds is 9. The zero-order valence-electron chi connectivity index (χ0n) is 18.4. The maximum Gasteiger partial charge on any atom is 0.387 e. The van der Waals surface area contributed by atoms with Gasteiger partial charge in [0, 0.05) is 5.56 Å². The second-order valence-corrected chi connectivity index (χ2v) is 6.38. The summed E-state index contributed by atoms with van der Waals surface area (Å²) in [5.41, 5.74) is 0.759. The zero-order valence-corrected chi connectivity index (χ0v) is 18.4. The van der Waals surface area contributed by atoms with Gasteiger partial charge in [-0.2, -0.15) is 8.78 Å². The first-order valence-corrected chi connectivity index (χ1v) is 9.38. The predicted molar refractivity (Wildman–Crippen MR) is 113 cm³/mol. The lowest BCUT2D eigenvalue weighted by atomic mass is 10.1. The Hall–Kier alpha value is -4.02. The number of alkyl halides is 2. The van der Waals surface area contributed by atoms with E-state index >= 15 is 0 Å². The van der Waals surface area contributed by atoms with Crippen molar-refractivity contribution in [1.82, 2.24) is 0 Å². The van der Waals surface area contributed by atoms with E-state index in [9.17, 15) is 13.6 Å². The van der Waals surface area contributed by atoms with E-state index in [0.717, 1.165) is 0 Å². The van der Waals surface area contributed by atoms with Crippen molar-refractivity contribution in [1.29, 1.82) is 0 Å². The van der Waals surface area contributed by atoms with Crippen LogP contribution in [-0.4, -0.2) is 54.0 Å². The number of methoxy groups -OCH3 is 5. The first-order valence-electron chi connectivity index (χ1n) is 9.38. The van der Waals surface area contributed by atoms with E-state index in [-0.39, 0.29) is 28.8 Å². The largest absolute Gasteiger partial charge is 0.493 e. The van der Waals surface area contributed by atoms with Crippen molar-refractivity contribution >= 4 is 17.9 Å². The Labute approximate surface area is 188 Å². The molecule has 11 heteroatoms. The molecule has 176 valence electrons. The first kappa shape index (κ1) is 23.6. The third-order valence-electron chi connectivity index (χ3n) is 4.53. The minimum atomic E-state index is -3.08. The number of cyclic esters (lactones) is 1. The summed E-state index contributed by atoms with van der Waals surface area (Å²) in [5, 5.41) is 0. The van der Waals surface area contributed by atoms with Crippen LogP contribution in [0.3, 0.4) is 0 Å². The lowest BCUT2D eigenvalue weighted by Crippen LogP contribution is -2.07. The fourth-order valence-corrected chi connectivity index (χ4v) is 3.08. The normalized spacial score (nSPS) is 14.1. The van der Waals surface area contributed by atoms with Gasteiger partial charge in [-0.3, -0.25) is 0 Å². The third-order valence-corrected chi connectivity index (χ3v) is 4.53. The quantitative estimate of drug-likeness (QED) is 0.409. The molecule has 0 saturated heterocycles. The van der Waals surface area contributed by atoms with Crippen LogP contribution in [0.1, 0.15) is 11.1 Å². The SMILES string of the molecule is COc1cc(C2=N/C(=C/c3cc(OC)c(OC(F)F)c(OC)c3)C(=O)O2)cc(OC)c1OC. The topological polar surface area (TPSA) is 94.0 Å². The van der Waals surface area contributed by atoms with Crippen molar-refractivity contribution in [3.8, 4) is 34.5 Å². The highest BCUT2D eigenvalue weighted by Crippen LogP contribution is 2.41. The second-order valence-electron chi connectivity index (χ2n) is 6.38. The van der Waals surface area contributed by atoms with Gasteiger partial charge >= 0.3 is 12.6 Å². The summed E-state index contributed by atoms with van der Waals surface area (Å²) in [6.45, 7) is -3.08. The predicted octanol–water partition coefficient (Wildman–Crippen LogP) is 3.68. The molecule has 0 bridgehead atoms. The van der Waals surface area contributed by atoms with E-state index in [1.54, 1.807) is 12.1 Å². The van der Waals surface area contributed by atoms with E-state index in [1.807, 2.05) is 0 Å². The van der Waals surface area contributed by atoms with Gasteiger partial charge in [-0.05, 0) is 35.9 Å². The zero-order chi connectivity index (χ0) is 24.1. The molecule has 1 heterocycles. The number of carbonyl (C=O) groups excluding carboxylic acids is 1. The summed E-state index contributed by atoms with van der Waals surface area (Å²) in [6, 6.07) is 5.96. The number of hydrogen-bond donors (Lipinski definition) is 0. The molecule has 0 amide bonds. The van der Waals surface area contributed by atoms with Crippen LogP contribution in [0.5, 0.6) is 34.5 Å². The summed E-state index contributed by atoms with van der Waals surface area (Å²) in [4.78, 5) is 16.7. The molecule has 0 fully saturated rings. The van der Waals surface area contributed by atoms with E-state index in [1.165, 1.54) is 53.8 Å². The van der Waals surface area contributed by atoms with Crippen LogP contribution in [0.25, 0.3) is 6.08 Å². The number of benzene rings is 2. The highest BCUT2D eigenvalue weighted by atomic mass is 19.3. The molecule has 0 saturated carbocycles. The van der Waals surface area contributed by atoms with Crippen LogP contribution in [-0.2, 0) is 9.53 Å². The van der Waals surface area contributed by atoms with Crippen molar-refractivity contribution in [2.75, 3.05) is 35.5 Å². The molecule has 1 aliphatic rings. The molecule has 2 aromatic carbocycles. The Bertz CT molecular complexity index is 1060. The van der Waals surface area contributed by atoms with Crippen molar-refractivity contribution in [3.05, 3.63) is 41.1 Å². The van der Waals surface area contributed by atoms with Gasteiger partial charge in [-0.25, -0.2) is 9.79 Å². The second kappa shape index (κ2) is 10.1. The highest BCUT2D eigenvalue weighted by molar-refractivity contribution is 6.13. The van der Waals surface area contributed by atoms with Gasteiger partial charge in [0.2, 0.25) is 17.4 Å². The van der Waals surface area contributed by atoms with Crippen molar-refractivity contribution in [2.24, 2.45) is 4.99 Å². The van der Waals surface area contributed by atoms with Crippen LogP contribution in [0.4, 0.5) is 8.78 Å². The van der Waals surface area contributed by atoms with E-state index in [4.69, 9.17) is 28.4 Å². The average Bonchev–Trinajstić information content (AvgIpc) is 3.18. The van der Waals surface area contributed by atoms with Gasteiger partial charge in [-0.15, -0.1) is 0 Å². The van der Waals surface area contributed by atoms with Crippen molar-refractivity contribution < 1.29 is 46.7 Å². The molecule has 0 atom stereocenters. The number of nitrogens with zero attached hydrogens (tertiary/aromatic N) is 1. The standard InChI is InChI=1S/C22H21F2NO8/c1-27-14-7-11(8-15(28-2)19(14)32-22(23)24)6-13-21(26)33-20(25-13)12-9-16(29-3)18(31-5)17(10-12)30-4/h6-10,22H,1-5H3/b13-6+. The number of halogens is 2. The molecule has 0 aromatic heterocycles. The van der Waals surface area contributed by atoms with Crippen molar-refractivity contribution in [3.63, 3.8) is 0 Å². The van der Waals surface area contributed by atoms with E-state index < -0.39 is 12.6 Å². The number of hydrogen-bond acceptors (Lipinski definition) is 9. The van der Waals surface area contributed by atoms with Gasteiger partial charge in [0.15, 0.2) is 28.7 Å². The highest BCUT2D eigenvalue weighted by Gasteiger charge is 2.27. The molecule has 0 N–H and O–H groups in total. The number of aliphatic imine (C=N–C) groups is 1. The molecule has 0 radical (unpaired) electrons. The van der Waals surface area contributed by atoms with Gasteiger partial charge in [0.05, 0.1) is 35.5 Å². The average molecular weight is 465 g/mol. The summed E-state index contributed by atoms with van der Waals surface area (Å²) < 4.78 is 61.4. The van der Waals surface area contributed by atoms with Gasteiger partial charge in [0.1, 0.15) is 0 Å². The van der Waals surface area contributed by atoms with E-state index in [2.05, 4.69) is 9.73 Å². The fourth-order valence-electron chi connectivity index (χ4n) is 3.08. The Balaban J connectivity index is 2.03. The molecule has 3 rings (SSSR count). The van der Waals surface area contributed by atoms with Crippen LogP contribution in [0, 0.1) is 0 Å². The Morgan fingerprint density at radius 1 is 0.818 bits per heavy atom. The lowest BCUT2D eigenvalue weighted by molar-refractivity contribution is -0.129. The van der Waals surface area contributed by atoms with Crippen LogP contribution >= 0.6 is 0 Å². The van der Waals surface area contributed by atoms with E-state index in [0.29, 0.717) is 28.4 Å². The lowest BCUT2D eigenvalue weighted by Gasteiger charge is -2.14. The smallest absolute Gasteiger partial charge is 0.387 e. The Kier molecular flexibility index (Phi) is 7.21. The van der Waals surface area contributed by atoms with Gasteiger partial charge in [-0.1, -0.05) is 0 Å². The third kappa shape index (κ3) is 4.92. The summed E-state index contributed by atoms with van der Waals surface area (Å²) in [5.74, 6) is 0.0804. The monoisotopic (exact) mass is 465 g/mol. The van der Waals surface area contributed by atoms with Gasteiger partial charge < -0.3 is 33.2 Å². The molecule has 0 spiro atoms. The van der Waals surface area contributed by atoms with Gasteiger partial charge in [0.25, 0.3) is 0 Å². The molecule has 0 aliphatic carbocycles. The molecular formula is C22H21F2NO8. The fraction of sp³-hybridized carbons (Fsp3) is 0.273. The van der Waals surface area contributed by atoms with Crippen molar-refractivity contribution in [2.45, 2.75) is 6.61 Å². The van der Waals surface area contributed by atoms with Crippen LogP contribution < -0.4 is 28.4 Å². The number of carbonyl (C=O) groups is 1. The Morgan fingerprint density at radius 3 is 1.79 bits per heavy atom. The Morgan fingerprint density at radius 2 is 1.33 bits per heavy atom. The maximum atomic E-state index is 12.7. The molecule has 9 nitrogen and oxygen atoms in total. The molecule has 0 unspecified atom stereocenters. The molecule has 1 aliphatic heterocycles. The molecule has 2 aromatic rings. The number of ether oxygens (including phenoxy) is 7.